The SMILES string of the molecule is CC(N)C(=O)NC(CCCN=C(N)N)C(=O)NC(Cc1cnc[nH]1)C(=O)N1CCCC1C(=O)O. The molecule has 4 atom stereocenters. The monoisotopic (exact) mass is 479 g/mol. The third-order valence-electron chi connectivity index (χ3n) is 5.41. The lowest BCUT2D eigenvalue weighted by Crippen LogP contribution is -2.57. The van der Waals surface area contributed by atoms with E-state index >= 15 is 0 Å². The standard InChI is InChI=1S/C20H33N9O5/c1-11(21)16(30)27-13(4-2-6-25-20(22)23)17(31)28-14(8-12-9-24-10-26-12)18(32)29-7-3-5-15(29)19(33)34/h9-11,13-15H,2-8,21H2,1H3,(H,24,26)(H,27,30)(H,28,31)(H,33,34)(H4,22,23,25). The Morgan fingerprint density at radius 2 is 1.97 bits per heavy atom. The van der Waals surface area contributed by atoms with E-state index in [9.17, 15) is 24.3 Å². The molecule has 0 radical (unpaired) electrons. The van der Waals surface area contributed by atoms with Crippen LogP contribution in [0.25, 0.3) is 0 Å². The summed E-state index contributed by atoms with van der Waals surface area (Å²) >= 11 is 0. The predicted molar refractivity (Wildman–Crippen MR) is 122 cm³/mol. The van der Waals surface area contributed by atoms with Gasteiger partial charge in [0, 0.05) is 31.4 Å². The molecule has 0 aromatic carbocycles. The molecular weight excluding hydrogens is 446 g/mol. The lowest BCUT2D eigenvalue weighted by atomic mass is 10.1. The fourth-order valence-electron chi connectivity index (χ4n) is 3.65. The first kappa shape index (κ1) is 26.6. The van der Waals surface area contributed by atoms with Crippen LogP contribution in [-0.4, -0.2) is 86.9 Å². The van der Waals surface area contributed by atoms with Crippen molar-refractivity contribution >= 4 is 29.7 Å². The van der Waals surface area contributed by atoms with Gasteiger partial charge in [0.2, 0.25) is 17.7 Å². The van der Waals surface area contributed by atoms with Gasteiger partial charge in [-0.15, -0.1) is 0 Å². The number of carbonyl (C=O) groups excluding carboxylic acids is 3. The predicted octanol–water partition coefficient (Wildman–Crippen LogP) is -2.60. The Labute approximate surface area is 196 Å². The van der Waals surface area contributed by atoms with Gasteiger partial charge in [-0.25, -0.2) is 9.78 Å². The van der Waals surface area contributed by atoms with Crippen LogP contribution < -0.4 is 27.8 Å². The zero-order chi connectivity index (χ0) is 25.3. The van der Waals surface area contributed by atoms with E-state index in [0.717, 1.165) is 0 Å². The Morgan fingerprint density at radius 1 is 1.26 bits per heavy atom. The molecule has 2 rings (SSSR count). The Hall–Kier alpha value is -3.68. The average molecular weight is 480 g/mol. The lowest BCUT2D eigenvalue weighted by Gasteiger charge is -2.28. The van der Waals surface area contributed by atoms with Crippen molar-refractivity contribution in [1.29, 1.82) is 0 Å². The number of H-pyrrole nitrogens is 1. The molecular formula is C20H33N9O5. The summed E-state index contributed by atoms with van der Waals surface area (Å²) in [6.07, 6.45) is 4.46. The van der Waals surface area contributed by atoms with Gasteiger partial charge in [0.25, 0.3) is 0 Å². The van der Waals surface area contributed by atoms with Crippen LogP contribution in [0.1, 0.15) is 38.3 Å². The molecule has 1 aromatic rings. The summed E-state index contributed by atoms with van der Waals surface area (Å²) < 4.78 is 0. The molecule has 1 saturated heterocycles. The molecule has 1 fully saturated rings. The van der Waals surface area contributed by atoms with Gasteiger partial charge in [0.1, 0.15) is 18.1 Å². The summed E-state index contributed by atoms with van der Waals surface area (Å²) in [6.45, 7) is 1.99. The Morgan fingerprint density at radius 3 is 2.56 bits per heavy atom. The van der Waals surface area contributed by atoms with E-state index in [2.05, 4.69) is 25.6 Å². The van der Waals surface area contributed by atoms with E-state index in [1.165, 1.54) is 24.3 Å². The van der Waals surface area contributed by atoms with Gasteiger partial charge in [-0.05, 0) is 32.6 Å². The quantitative estimate of drug-likeness (QED) is 0.0943. The van der Waals surface area contributed by atoms with Crippen LogP contribution in [-0.2, 0) is 25.6 Å². The van der Waals surface area contributed by atoms with Crippen LogP contribution in [0, 0.1) is 0 Å². The van der Waals surface area contributed by atoms with E-state index in [0.29, 0.717) is 25.0 Å². The number of hydrogen-bond donors (Lipinski definition) is 7. The number of nitrogens with zero attached hydrogens (tertiary/aromatic N) is 3. The summed E-state index contributed by atoms with van der Waals surface area (Å²) in [4.78, 5) is 62.1. The number of nitrogens with two attached hydrogens (primary N) is 3. The van der Waals surface area contributed by atoms with Gasteiger partial charge in [-0.3, -0.25) is 19.4 Å². The summed E-state index contributed by atoms with van der Waals surface area (Å²) in [5.74, 6) is -2.86. The summed E-state index contributed by atoms with van der Waals surface area (Å²) in [5.41, 5.74) is 16.8. The molecule has 10 N–H and O–H groups in total. The van der Waals surface area contributed by atoms with E-state index in [4.69, 9.17) is 17.2 Å². The van der Waals surface area contributed by atoms with E-state index in [1.54, 1.807) is 0 Å². The number of rotatable bonds is 12. The van der Waals surface area contributed by atoms with Gasteiger partial charge in [0.15, 0.2) is 5.96 Å². The number of nitrogens with one attached hydrogen (secondary N) is 3. The number of aliphatic carboxylic acids is 1. The highest BCUT2D eigenvalue weighted by atomic mass is 16.4. The van der Waals surface area contributed by atoms with Gasteiger partial charge in [-0.2, -0.15) is 0 Å². The molecule has 0 spiro atoms. The summed E-state index contributed by atoms with van der Waals surface area (Å²) in [7, 11) is 0. The summed E-state index contributed by atoms with van der Waals surface area (Å²) in [6, 6.07) is -3.88. The van der Waals surface area contributed by atoms with Gasteiger partial charge < -0.3 is 42.8 Å². The minimum Gasteiger partial charge on any atom is -0.480 e. The molecule has 0 saturated carbocycles. The van der Waals surface area contributed by atoms with Crippen LogP contribution in [0.5, 0.6) is 0 Å². The number of carboxylic acid groups (broad SMARTS) is 1. The molecule has 1 aliphatic heterocycles. The van der Waals surface area contributed by atoms with Gasteiger partial charge in [0.05, 0.1) is 12.4 Å². The third kappa shape index (κ3) is 7.72. The fourth-order valence-corrected chi connectivity index (χ4v) is 3.65. The number of aromatic amines is 1. The number of aliphatic imine (C=N–C) groups is 1. The van der Waals surface area contributed by atoms with Gasteiger partial charge in [-0.1, -0.05) is 0 Å². The third-order valence-corrected chi connectivity index (χ3v) is 5.41. The topological polar surface area (TPSA) is 235 Å². The first-order valence-corrected chi connectivity index (χ1v) is 11.0. The average Bonchev–Trinajstić information content (AvgIpc) is 3.46. The molecule has 1 aliphatic rings. The molecule has 0 bridgehead atoms. The number of guanidine groups is 1. The van der Waals surface area contributed by atoms with Gasteiger partial charge >= 0.3 is 5.97 Å². The van der Waals surface area contributed by atoms with E-state index < -0.39 is 47.9 Å². The molecule has 0 aliphatic carbocycles. The van der Waals surface area contributed by atoms with Crippen LogP contribution in [0.4, 0.5) is 0 Å². The van der Waals surface area contributed by atoms with E-state index in [-0.39, 0.29) is 31.9 Å². The first-order valence-electron chi connectivity index (χ1n) is 11.0. The molecule has 4 unspecified atom stereocenters. The largest absolute Gasteiger partial charge is 0.480 e. The smallest absolute Gasteiger partial charge is 0.326 e. The molecule has 1 aromatic heterocycles. The van der Waals surface area contributed by atoms with Crippen molar-refractivity contribution in [3.05, 3.63) is 18.2 Å². The first-order chi connectivity index (χ1) is 16.1. The molecule has 188 valence electrons. The minimum atomic E-state index is -1.10. The maximum atomic E-state index is 13.3. The van der Waals surface area contributed by atoms with Crippen LogP contribution in [0.15, 0.2) is 17.5 Å². The number of carbonyl (C=O) groups is 4. The molecule has 3 amide bonds. The molecule has 34 heavy (non-hydrogen) atoms. The highest BCUT2D eigenvalue weighted by Crippen LogP contribution is 2.19. The zero-order valence-corrected chi connectivity index (χ0v) is 19.1. The second-order valence-corrected chi connectivity index (χ2v) is 8.17. The number of imidazole rings is 1. The van der Waals surface area contributed by atoms with Crippen molar-refractivity contribution in [1.82, 2.24) is 25.5 Å². The van der Waals surface area contributed by atoms with E-state index in [1.807, 2.05) is 0 Å². The Kier molecular flexibility index (Phi) is 9.79. The van der Waals surface area contributed by atoms with Crippen molar-refractivity contribution in [2.75, 3.05) is 13.1 Å². The van der Waals surface area contributed by atoms with Crippen LogP contribution >= 0.6 is 0 Å². The summed E-state index contributed by atoms with van der Waals surface area (Å²) in [5, 5.41) is 14.7. The number of likely N-dealkylation sites (tertiary alicyclic amines) is 1. The van der Waals surface area contributed by atoms with Crippen molar-refractivity contribution < 1.29 is 24.3 Å². The van der Waals surface area contributed by atoms with Crippen molar-refractivity contribution in [3.8, 4) is 0 Å². The van der Waals surface area contributed by atoms with Crippen molar-refractivity contribution in [2.24, 2.45) is 22.2 Å². The Bertz CT molecular complexity index is 883. The minimum absolute atomic E-state index is 0.0649. The number of aromatic nitrogens is 2. The maximum absolute atomic E-state index is 13.3. The number of hydrogen-bond acceptors (Lipinski definition) is 7. The molecule has 14 heteroatoms. The highest BCUT2D eigenvalue weighted by Gasteiger charge is 2.38. The van der Waals surface area contributed by atoms with Crippen molar-refractivity contribution in [2.45, 2.75) is 63.2 Å². The fraction of sp³-hybridized carbons (Fsp3) is 0.600. The Balaban J connectivity index is 2.19. The zero-order valence-electron chi connectivity index (χ0n) is 19.1. The number of carboxylic acids is 1. The normalized spacial score (nSPS) is 17.9. The highest BCUT2D eigenvalue weighted by molar-refractivity contribution is 5.94. The van der Waals surface area contributed by atoms with Crippen LogP contribution in [0.2, 0.25) is 0 Å². The van der Waals surface area contributed by atoms with Crippen molar-refractivity contribution in [3.63, 3.8) is 0 Å². The molecule has 14 nitrogen and oxygen atoms in total. The number of amides is 3. The van der Waals surface area contributed by atoms with Crippen LogP contribution in [0.3, 0.4) is 0 Å². The lowest BCUT2D eigenvalue weighted by molar-refractivity contribution is -0.149. The maximum Gasteiger partial charge on any atom is 0.326 e. The second-order valence-electron chi connectivity index (χ2n) is 8.17. The second kappa shape index (κ2) is 12.5. The molecule has 2 heterocycles.